The van der Waals surface area contributed by atoms with Gasteiger partial charge in [-0.05, 0) is 41.8 Å². The number of halogens is 1. The molecule has 106 valence electrons. The van der Waals surface area contributed by atoms with E-state index in [0.717, 1.165) is 30.6 Å². The van der Waals surface area contributed by atoms with Crippen molar-refractivity contribution in [3.63, 3.8) is 0 Å². The van der Waals surface area contributed by atoms with Crippen molar-refractivity contribution in [3.8, 4) is 16.9 Å². The maximum Gasteiger partial charge on any atom is 0.137 e. The van der Waals surface area contributed by atoms with Crippen LogP contribution in [0.25, 0.3) is 11.1 Å². The minimum absolute atomic E-state index is 0.638. The highest BCUT2D eigenvalue weighted by Crippen LogP contribution is 2.30. The maximum atomic E-state index is 6.16. The summed E-state index contributed by atoms with van der Waals surface area (Å²) in [4.78, 5) is 0. The first kappa shape index (κ1) is 14.9. The molecule has 0 aromatic heterocycles. The minimum atomic E-state index is 0.638. The van der Waals surface area contributed by atoms with Crippen molar-refractivity contribution in [2.45, 2.75) is 19.9 Å². The summed E-state index contributed by atoms with van der Waals surface area (Å²) < 4.78 is 5.17. The van der Waals surface area contributed by atoms with Gasteiger partial charge in [-0.1, -0.05) is 48.9 Å². The van der Waals surface area contributed by atoms with Crippen LogP contribution in [-0.2, 0) is 6.54 Å². The van der Waals surface area contributed by atoms with Crippen molar-refractivity contribution in [1.29, 1.82) is 0 Å². The van der Waals surface area contributed by atoms with Gasteiger partial charge >= 0.3 is 0 Å². The Morgan fingerprint density at radius 3 is 2.35 bits per heavy atom. The van der Waals surface area contributed by atoms with Crippen LogP contribution in [0.3, 0.4) is 0 Å². The summed E-state index contributed by atoms with van der Waals surface area (Å²) in [6.07, 6.45) is 1.16. The van der Waals surface area contributed by atoms with Gasteiger partial charge in [-0.15, -0.1) is 0 Å². The second-order valence-electron chi connectivity index (χ2n) is 4.72. The van der Waals surface area contributed by atoms with Crippen LogP contribution < -0.4 is 10.1 Å². The molecule has 1 N–H and O–H groups in total. The molecule has 2 nitrogen and oxygen atoms in total. The molecule has 0 unspecified atom stereocenters. The number of methoxy groups -OCH3 is 1. The van der Waals surface area contributed by atoms with Gasteiger partial charge in [-0.2, -0.15) is 0 Å². The molecule has 0 radical (unpaired) electrons. The lowest BCUT2D eigenvalue weighted by Crippen LogP contribution is -2.13. The van der Waals surface area contributed by atoms with Crippen LogP contribution in [0.4, 0.5) is 0 Å². The Kier molecular flexibility index (Phi) is 5.45. The summed E-state index contributed by atoms with van der Waals surface area (Å²) in [5.41, 5.74) is 3.56. The average molecular weight is 290 g/mol. The first-order valence-electron chi connectivity index (χ1n) is 6.88. The zero-order chi connectivity index (χ0) is 14.4. The van der Waals surface area contributed by atoms with E-state index in [1.165, 1.54) is 5.56 Å². The van der Waals surface area contributed by atoms with E-state index < -0.39 is 0 Å². The standard InChI is InChI=1S/C17H20ClNO/c1-3-10-19-12-13-4-6-14(7-5-13)15-8-9-17(20-2)16(18)11-15/h4-9,11,19H,3,10,12H2,1-2H3. The van der Waals surface area contributed by atoms with Crippen molar-refractivity contribution in [1.82, 2.24) is 5.32 Å². The van der Waals surface area contributed by atoms with Crippen molar-refractivity contribution in [2.24, 2.45) is 0 Å². The molecule has 0 heterocycles. The van der Waals surface area contributed by atoms with Crippen molar-refractivity contribution >= 4 is 11.6 Å². The number of benzene rings is 2. The summed E-state index contributed by atoms with van der Waals surface area (Å²) in [6.45, 7) is 4.14. The molecule has 0 bridgehead atoms. The summed E-state index contributed by atoms with van der Waals surface area (Å²) in [6, 6.07) is 14.4. The Labute approximate surface area is 125 Å². The predicted molar refractivity (Wildman–Crippen MR) is 85.4 cm³/mol. The summed E-state index contributed by atoms with van der Waals surface area (Å²) in [7, 11) is 1.62. The van der Waals surface area contributed by atoms with Gasteiger partial charge in [0, 0.05) is 6.54 Å². The largest absolute Gasteiger partial charge is 0.495 e. The third-order valence-electron chi connectivity index (χ3n) is 3.19. The maximum absolute atomic E-state index is 6.16. The molecule has 0 fully saturated rings. The van der Waals surface area contributed by atoms with Crippen LogP contribution in [0, 0.1) is 0 Å². The third-order valence-corrected chi connectivity index (χ3v) is 3.49. The molecule has 0 amide bonds. The van der Waals surface area contributed by atoms with E-state index >= 15 is 0 Å². The van der Waals surface area contributed by atoms with E-state index in [2.05, 4.69) is 36.5 Å². The molecule has 3 heteroatoms. The van der Waals surface area contributed by atoms with E-state index in [-0.39, 0.29) is 0 Å². The van der Waals surface area contributed by atoms with Crippen LogP contribution in [0.1, 0.15) is 18.9 Å². The fraction of sp³-hybridized carbons (Fsp3) is 0.294. The highest BCUT2D eigenvalue weighted by molar-refractivity contribution is 6.32. The average Bonchev–Trinajstić information content (AvgIpc) is 2.48. The molecule has 2 aromatic carbocycles. The second kappa shape index (κ2) is 7.32. The van der Waals surface area contributed by atoms with Crippen LogP contribution in [-0.4, -0.2) is 13.7 Å². The molecule has 2 aromatic rings. The summed E-state index contributed by atoms with van der Waals surface area (Å²) in [5.74, 6) is 0.704. The quantitative estimate of drug-likeness (QED) is 0.790. The molecule has 0 spiro atoms. The summed E-state index contributed by atoms with van der Waals surface area (Å²) in [5, 5.41) is 4.03. The smallest absolute Gasteiger partial charge is 0.137 e. The van der Waals surface area contributed by atoms with Gasteiger partial charge in [-0.25, -0.2) is 0 Å². The zero-order valence-corrected chi connectivity index (χ0v) is 12.7. The normalized spacial score (nSPS) is 10.6. The molecule has 0 aliphatic rings. The Morgan fingerprint density at radius 2 is 1.75 bits per heavy atom. The van der Waals surface area contributed by atoms with Crippen LogP contribution >= 0.6 is 11.6 Å². The van der Waals surface area contributed by atoms with Crippen LogP contribution in [0.2, 0.25) is 5.02 Å². The number of hydrogen-bond acceptors (Lipinski definition) is 2. The lowest BCUT2D eigenvalue weighted by atomic mass is 10.0. The van der Waals surface area contributed by atoms with Gasteiger partial charge in [0.2, 0.25) is 0 Å². The first-order valence-corrected chi connectivity index (χ1v) is 7.26. The molecule has 0 atom stereocenters. The van der Waals surface area contributed by atoms with Crippen molar-refractivity contribution in [3.05, 3.63) is 53.1 Å². The van der Waals surface area contributed by atoms with Gasteiger partial charge in [0.1, 0.15) is 5.75 Å². The SMILES string of the molecule is CCCNCc1ccc(-c2ccc(OC)c(Cl)c2)cc1. The third kappa shape index (κ3) is 3.75. The fourth-order valence-corrected chi connectivity index (χ4v) is 2.33. The van der Waals surface area contributed by atoms with Gasteiger partial charge < -0.3 is 10.1 Å². The molecule has 0 saturated carbocycles. The van der Waals surface area contributed by atoms with Gasteiger partial charge in [0.15, 0.2) is 0 Å². The number of nitrogens with one attached hydrogen (secondary N) is 1. The predicted octanol–water partition coefficient (Wildman–Crippen LogP) is 4.52. The Hall–Kier alpha value is -1.51. The molecule has 0 aliphatic carbocycles. The highest BCUT2D eigenvalue weighted by atomic mass is 35.5. The molecule has 0 saturated heterocycles. The Morgan fingerprint density at radius 1 is 1.05 bits per heavy atom. The monoisotopic (exact) mass is 289 g/mol. The minimum Gasteiger partial charge on any atom is -0.495 e. The van der Waals surface area contributed by atoms with Gasteiger partial charge in [0.05, 0.1) is 12.1 Å². The molecule has 20 heavy (non-hydrogen) atoms. The molecular formula is C17H20ClNO. The number of hydrogen-bond donors (Lipinski definition) is 1. The zero-order valence-electron chi connectivity index (χ0n) is 11.9. The van der Waals surface area contributed by atoms with E-state index in [0.29, 0.717) is 10.8 Å². The lowest BCUT2D eigenvalue weighted by Gasteiger charge is -2.08. The van der Waals surface area contributed by atoms with E-state index in [1.807, 2.05) is 18.2 Å². The molecule has 0 aliphatic heterocycles. The van der Waals surface area contributed by atoms with Crippen LogP contribution in [0.5, 0.6) is 5.75 Å². The Balaban J connectivity index is 2.11. The Bertz CT molecular complexity index is 551. The van der Waals surface area contributed by atoms with Gasteiger partial charge in [-0.3, -0.25) is 0 Å². The topological polar surface area (TPSA) is 21.3 Å². The number of ether oxygens (including phenoxy) is 1. The lowest BCUT2D eigenvalue weighted by molar-refractivity contribution is 0.415. The van der Waals surface area contributed by atoms with Crippen LogP contribution in [0.15, 0.2) is 42.5 Å². The van der Waals surface area contributed by atoms with Gasteiger partial charge in [0.25, 0.3) is 0 Å². The highest BCUT2D eigenvalue weighted by Gasteiger charge is 2.04. The second-order valence-corrected chi connectivity index (χ2v) is 5.13. The van der Waals surface area contributed by atoms with E-state index in [9.17, 15) is 0 Å². The molecule has 2 rings (SSSR count). The summed E-state index contributed by atoms with van der Waals surface area (Å²) >= 11 is 6.16. The van der Waals surface area contributed by atoms with Crippen molar-refractivity contribution in [2.75, 3.05) is 13.7 Å². The number of rotatable bonds is 6. The van der Waals surface area contributed by atoms with E-state index in [4.69, 9.17) is 16.3 Å². The molecular weight excluding hydrogens is 270 g/mol. The first-order chi connectivity index (χ1) is 9.74. The van der Waals surface area contributed by atoms with E-state index in [1.54, 1.807) is 7.11 Å². The van der Waals surface area contributed by atoms with Crippen molar-refractivity contribution < 1.29 is 4.74 Å². The fourth-order valence-electron chi connectivity index (χ4n) is 2.07.